The molecule has 0 saturated carbocycles. The molecule has 0 spiro atoms. The summed E-state index contributed by atoms with van der Waals surface area (Å²) in [5.74, 6) is 0.471. The number of hydrogen-bond donors (Lipinski definition) is 0. The van der Waals surface area contributed by atoms with Crippen LogP contribution in [0.15, 0.2) is 83.4 Å². The van der Waals surface area contributed by atoms with Crippen LogP contribution in [0.25, 0.3) is 44.3 Å². The molecule has 2 aromatic heterocycles. The molecule has 2 nitrogen and oxygen atoms in total. The van der Waals surface area contributed by atoms with Crippen molar-refractivity contribution in [3.8, 4) is 22.4 Å². The van der Waals surface area contributed by atoms with Crippen LogP contribution in [-0.2, 0) is 5.41 Å². The zero-order chi connectivity index (χ0) is 22.5. The van der Waals surface area contributed by atoms with Crippen LogP contribution in [0.4, 0.5) is 0 Å². The minimum atomic E-state index is 0.143. The molecule has 0 atom stereocenters. The maximum absolute atomic E-state index is 6.30. The molecule has 2 heteroatoms. The Labute approximate surface area is 189 Å². The molecule has 0 aliphatic heterocycles. The Morgan fingerprint density at radius 1 is 0.781 bits per heavy atom. The second-order valence-corrected chi connectivity index (χ2v) is 9.95. The predicted octanol–water partition coefficient (Wildman–Crippen LogP) is 8.74. The zero-order valence-corrected chi connectivity index (χ0v) is 19.4. The van der Waals surface area contributed by atoms with Crippen LogP contribution < -0.4 is 0 Å². The van der Waals surface area contributed by atoms with Crippen molar-refractivity contribution in [2.75, 3.05) is 0 Å². The highest BCUT2D eigenvalue weighted by Gasteiger charge is 2.16. The molecule has 2 heterocycles. The van der Waals surface area contributed by atoms with E-state index in [2.05, 4.69) is 112 Å². The van der Waals surface area contributed by atoms with E-state index in [0.29, 0.717) is 5.92 Å². The second-order valence-electron chi connectivity index (χ2n) is 9.95. The van der Waals surface area contributed by atoms with Crippen molar-refractivity contribution < 1.29 is 4.42 Å². The number of aromatic nitrogens is 1. The first-order valence-corrected chi connectivity index (χ1v) is 11.3. The molecule has 0 N–H and O–H groups in total. The summed E-state index contributed by atoms with van der Waals surface area (Å²) in [5.41, 5.74) is 9.06. The summed E-state index contributed by atoms with van der Waals surface area (Å²) >= 11 is 0. The number of pyridine rings is 1. The number of nitrogens with zero attached hydrogens (tertiary/aromatic N) is 1. The lowest BCUT2D eigenvalue weighted by atomic mass is 9.86. The second kappa shape index (κ2) is 7.63. The van der Waals surface area contributed by atoms with Crippen molar-refractivity contribution in [2.45, 2.75) is 46.0 Å². The molecule has 0 aliphatic carbocycles. The van der Waals surface area contributed by atoms with E-state index >= 15 is 0 Å². The van der Waals surface area contributed by atoms with Gasteiger partial charge in [-0.15, -0.1) is 0 Å². The van der Waals surface area contributed by atoms with Crippen molar-refractivity contribution in [1.82, 2.24) is 4.98 Å². The fraction of sp³-hybridized carbons (Fsp3) is 0.233. The van der Waals surface area contributed by atoms with Gasteiger partial charge in [-0.2, -0.15) is 0 Å². The van der Waals surface area contributed by atoms with Gasteiger partial charge >= 0.3 is 0 Å². The lowest BCUT2D eigenvalue weighted by Gasteiger charge is -2.19. The number of fused-ring (bicyclic) bond motifs is 3. The molecule has 5 aromatic rings. The largest absolute Gasteiger partial charge is 0.456 e. The molecule has 3 aromatic carbocycles. The summed E-state index contributed by atoms with van der Waals surface area (Å²) in [4.78, 5) is 4.60. The standard InChI is InChI=1S/C30H29NO/c1-19(2)21-15-16-31-26(17-21)22-11-14-25-28(18-22)32-27-8-6-7-24(29(25)27)20-9-12-23(13-10-20)30(3,4)5/h6-19H,1-5H3. The van der Waals surface area contributed by atoms with Crippen molar-refractivity contribution in [1.29, 1.82) is 0 Å². The first kappa shape index (κ1) is 20.5. The number of furan rings is 1. The summed E-state index contributed by atoms with van der Waals surface area (Å²) in [5, 5.41) is 2.31. The van der Waals surface area contributed by atoms with Gasteiger partial charge in [0.05, 0.1) is 5.69 Å². The molecule has 0 unspecified atom stereocenters. The predicted molar refractivity (Wildman–Crippen MR) is 135 cm³/mol. The van der Waals surface area contributed by atoms with Gasteiger partial charge in [-0.05, 0) is 63.9 Å². The minimum Gasteiger partial charge on any atom is -0.456 e. The van der Waals surface area contributed by atoms with Crippen molar-refractivity contribution >= 4 is 21.9 Å². The summed E-state index contributed by atoms with van der Waals surface area (Å²) in [6.45, 7) is 11.1. The van der Waals surface area contributed by atoms with E-state index in [1.807, 2.05) is 6.20 Å². The average molecular weight is 420 g/mol. The van der Waals surface area contributed by atoms with Gasteiger partial charge in [0.25, 0.3) is 0 Å². The highest BCUT2D eigenvalue weighted by molar-refractivity contribution is 6.12. The van der Waals surface area contributed by atoms with Gasteiger partial charge in [0, 0.05) is 22.5 Å². The molecule has 0 amide bonds. The lowest BCUT2D eigenvalue weighted by molar-refractivity contribution is 0.590. The Bertz CT molecular complexity index is 1420. The first-order valence-electron chi connectivity index (χ1n) is 11.3. The topological polar surface area (TPSA) is 26.0 Å². The molecular formula is C30H29NO. The normalized spacial score (nSPS) is 12.2. The summed E-state index contributed by atoms with van der Waals surface area (Å²) in [7, 11) is 0. The van der Waals surface area contributed by atoms with Crippen LogP contribution in [0, 0.1) is 0 Å². The Morgan fingerprint density at radius 2 is 1.53 bits per heavy atom. The Kier molecular flexibility index (Phi) is 4.89. The summed E-state index contributed by atoms with van der Waals surface area (Å²) in [6.07, 6.45) is 1.90. The highest BCUT2D eigenvalue weighted by atomic mass is 16.3. The minimum absolute atomic E-state index is 0.143. The molecule has 0 saturated heterocycles. The van der Waals surface area contributed by atoms with Crippen LogP contribution in [-0.4, -0.2) is 4.98 Å². The quantitative estimate of drug-likeness (QED) is 0.292. The highest BCUT2D eigenvalue weighted by Crippen LogP contribution is 2.38. The fourth-order valence-electron chi connectivity index (χ4n) is 4.34. The molecule has 0 aliphatic rings. The molecule has 160 valence electrons. The Hall–Kier alpha value is -3.39. The van der Waals surface area contributed by atoms with E-state index in [9.17, 15) is 0 Å². The van der Waals surface area contributed by atoms with Gasteiger partial charge in [-0.1, -0.05) is 77.1 Å². The monoisotopic (exact) mass is 419 g/mol. The van der Waals surface area contributed by atoms with E-state index in [4.69, 9.17) is 4.42 Å². The van der Waals surface area contributed by atoms with Crippen molar-refractivity contribution in [3.63, 3.8) is 0 Å². The smallest absolute Gasteiger partial charge is 0.136 e. The van der Waals surface area contributed by atoms with E-state index in [-0.39, 0.29) is 5.41 Å². The summed E-state index contributed by atoms with van der Waals surface area (Å²) < 4.78 is 6.30. The molecule has 0 fully saturated rings. The molecule has 5 rings (SSSR count). The average Bonchev–Trinajstić information content (AvgIpc) is 3.16. The molecule has 0 bridgehead atoms. The number of hydrogen-bond acceptors (Lipinski definition) is 2. The zero-order valence-electron chi connectivity index (χ0n) is 19.4. The summed E-state index contributed by atoms with van der Waals surface area (Å²) in [6, 6.07) is 26.0. The van der Waals surface area contributed by atoms with Crippen LogP contribution in [0.3, 0.4) is 0 Å². The van der Waals surface area contributed by atoms with E-state index in [1.165, 1.54) is 27.6 Å². The SMILES string of the molecule is CC(C)c1ccnc(-c2ccc3c(c2)oc2cccc(-c4ccc(C(C)(C)C)cc4)c23)c1. The van der Waals surface area contributed by atoms with Crippen LogP contribution >= 0.6 is 0 Å². The van der Waals surface area contributed by atoms with Gasteiger partial charge in [0.2, 0.25) is 0 Å². The van der Waals surface area contributed by atoms with Crippen molar-refractivity contribution in [3.05, 3.63) is 90.1 Å². The maximum atomic E-state index is 6.30. The van der Waals surface area contributed by atoms with Gasteiger partial charge in [-0.3, -0.25) is 4.98 Å². The third-order valence-electron chi connectivity index (χ3n) is 6.31. The fourth-order valence-corrected chi connectivity index (χ4v) is 4.34. The Morgan fingerprint density at radius 3 is 2.25 bits per heavy atom. The van der Waals surface area contributed by atoms with E-state index < -0.39 is 0 Å². The van der Waals surface area contributed by atoms with Crippen molar-refractivity contribution in [2.24, 2.45) is 0 Å². The Balaban J connectivity index is 1.63. The third kappa shape index (κ3) is 3.60. The molecular weight excluding hydrogens is 390 g/mol. The maximum Gasteiger partial charge on any atom is 0.136 e. The lowest BCUT2D eigenvalue weighted by Crippen LogP contribution is -2.10. The third-order valence-corrected chi connectivity index (χ3v) is 6.31. The van der Waals surface area contributed by atoms with Crippen LogP contribution in [0.5, 0.6) is 0 Å². The number of benzene rings is 3. The molecule has 32 heavy (non-hydrogen) atoms. The first-order chi connectivity index (χ1) is 15.3. The van der Waals surface area contributed by atoms with Gasteiger partial charge in [0.1, 0.15) is 11.2 Å². The van der Waals surface area contributed by atoms with Gasteiger partial charge in [0.15, 0.2) is 0 Å². The molecule has 0 radical (unpaired) electrons. The van der Waals surface area contributed by atoms with Gasteiger partial charge < -0.3 is 4.42 Å². The van der Waals surface area contributed by atoms with E-state index in [1.54, 1.807) is 0 Å². The van der Waals surface area contributed by atoms with E-state index in [0.717, 1.165) is 27.8 Å². The van der Waals surface area contributed by atoms with Crippen LogP contribution in [0.2, 0.25) is 0 Å². The van der Waals surface area contributed by atoms with Gasteiger partial charge in [-0.25, -0.2) is 0 Å². The van der Waals surface area contributed by atoms with Crippen LogP contribution in [0.1, 0.15) is 51.7 Å². The number of rotatable bonds is 3.